The number of anilines is 1. The average Bonchev–Trinajstić information content (AvgIpc) is 3.34. The van der Waals surface area contributed by atoms with E-state index in [1.165, 1.54) is 24.3 Å². The standard InChI is InChI=1S/C24H24N2O5S/c27-24(26-22-10-4-5-11-23(22)31-19-7-2-1-3-8-19)18-12-14-21(15-13-18)32(28,29)25-17-20-9-6-16-30-20/h1-5,7-8,10-15,20,25H,6,9,16-17H2,(H,26,27)/t20-/m1/s1. The fourth-order valence-corrected chi connectivity index (χ4v) is 4.41. The van der Waals surface area contributed by atoms with Crippen LogP contribution in [0.1, 0.15) is 23.2 Å². The van der Waals surface area contributed by atoms with Crippen LogP contribution >= 0.6 is 0 Å². The first-order valence-electron chi connectivity index (χ1n) is 10.4. The number of benzene rings is 3. The zero-order valence-electron chi connectivity index (χ0n) is 17.4. The molecule has 0 aliphatic carbocycles. The van der Waals surface area contributed by atoms with Gasteiger partial charge in [-0.2, -0.15) is 0 Å². The van der Waals surface area contributed by atoms with Gasteiger partial charge in [0.15, 0.2) is 5.75 Å². The molecule has 8 heteroatoms. The predicted molar refractivity (Wildman–Crippen MR) is 122 cm³/mol. The molecule has 0 unspecified atom stereocenters. The second-order valence-corrected chi connectivity index (χ2v) is 9.14. The maximum Gasteiger partial charge on any atom is 0.255 e. The lowest BCUT2D eigenvalue weighted by atomic mass is 10.2. The largest absolute Gasteiger partial charge is 0.455 e. The lowest BCUT2D eigenvalue weighted by molar-refractivity contribution is 0.102. The van der Waals surface area contributed by atoms with E-state index in [0.29, 0.717) is 29.4 Å². The smallest absolute Gasteiger partial charge is 0.255 e. The number of hydrogen-bond donors (Lipinski definition) is 2. The summed E-state index contributed by atoms with van der Waals surface area (Å²) in [6, 6.07) is 22.2. The monoisotopic (exact) mass is 452 g/mol. The summed E-state index contributed by atoms with van der Waals surface area (Å²) in [6.45, 7) is 0.901. The van der Waals surface area contributed by atoms with Gasteiger partial charge in [-0.3, -0.25) is 4.79 Å². The maximum absolute atomic E-state index is 12.7. The SMILES string of the molecule is O=C(Nc1ccccc1Oc1ccccc1)c1ccc(S(=O)(=O)NC[C@H]2CCCO2)cc1. The van der Waals surface area contributed by atoms with Crippen molar-refractivity contribution in [2.75, 3.05) is 18.5 Å². The molecule has 32 heavy (non-hydrogen) atoms. The van der Waals surface area contributed by atoms with Gasteiger partial charge < -0.3 is 14.8 Å². The third-order valence-corrected chi connectivity index (χ3v) is 6.50. The molecule has 4 rings (SSSR count). The predicted octanol–water partition coefficient (Wildman–Crippen LogP) is 4.19. The van der Waals surface area contributed by atoms with Gasteiger partial charge in [-0.1, -0.05) is 30.3 Å². The van der Waals surface area contributed by atoms with Gasteiger partial charge in [0.1, 0.15) is 5.75 Å². The van der Waals surface area contributed by atoms with Crippen LogP contribution in [-0.4, -0.2) is 33.6 Å². The summed E-state index contributed by atoms with van der Waals surface area (Å²) >= 11 is 0. The van der Waals surface area contributed by atoms with Crippen LogP contribution in [0.5, 0.6) is 11.5 Å². The van der Waals surface area contributed by atoms with Crippen LogP contribution in [0.2, 0.25) is 0 Å². The number of amides is 1. The minimum Gasteiger partial charge on any atom is -0.455 e. The molecule has 3 aromatic rings. The molecule has 1 amide bonds. The highest BCUT2D eigenvalue weighted by Gasteiger charge is 2.20. The van der Waals surface area contributed by atoms with E-state index in [1.807, 2.05) is 36.4 Å². The van der Waals surface area contributed by atoms with Crippen molar-refractivity contribution in [3.8, 4) is 11.5 Å². The maximum atomic E-state index is 12.7. The van der Waals surface area contributed by atoms with Gasteiger partial charge in [0.2, 0.25) is 10.0 Å². The Morgan fingerprint density at radius 3 is 2.41 bits per heavy atom. The van der Waals surface area contributed by atoms with Crippen LogP contribution in [0.3, 0.4) is 0 Å². The highest BCUT2D eigenvalue weighted by Crippen LogP contribution is 2.29. The fourth-order valence-electron chi connectivity index (χ4n) is 3.35. The number of hydrogen-bond acceptors (Lipinski definition) is 5. The molecule has 2 N–H and O–H groups in total. The number of carbonyl (C=O) groups excluding carboxylic acids is 1. The van der Waals surface area contributed by atoms with Crippen LogP contribution < -0.4 is 14.8 Å². The van der Waals surface area contributed by atoms with Crippen molar-refractivity contribution in [1.82, 2.24) is 4.72 Å². The molecule has 0 radical (unpaired) electrons. The number of sulfonamides is 1. The van der Waals surface area contributed by atoms with Crippen molar-refractivity contribution < 1.29 is 22.7 Å². The number of para-hydroxylation sites is 3. The Kier molecular flexibility index (Phi) is 6.84. The average molecular weight is 453 g/mol. The molecule has 0 aromatic heterocycles. The lowest BCUT2D eigenvalue weighted by Gasteiger charge is -2.13. The first-order chi connectivity index (χ1) is 15.5. The molecule has 7 nitrogen and oxygen atoms in total. The van der Waals surface area contributed by atoms with E-state index in [4.69, 9.17) is 9.47 Å². The van der Waals surface area contributed by atoms with Crippen LogP contribution in [0.15, 0.2) is 83.8 Å². The summed E-state index contributed by atoms with van der Waals surface area (Å²) in [6.07, 6.45) is 1.69. The first-order valence-corrected chi connectivity index (χ1v) is 11.8. The third kappa shape index (κ3) is 5.53. The molecule has 1 fully saturated rings. The van der Waals surface area contributed by atoms with Crippen molar-refractivity contribution in [1.29, 1.82) is 0 Å². The number of carbonyl (C=O) groups is 1. The van der Waals surface area contributed by atoms with E-state index < -0.39 is 10.0 Å². The number of nitrogens with one attached hydrogen (secondary N) is 2. The van der Waals surface area contributed by atoms with E-state index >= 15 is 0 Å². The summed E-state index contributed by atoms with van der Waals surface area (Å²) in [5, 5.41) is 2.82. The minimum absolute atomic E-state index is 0.0898. The van der Waals surface area contributed by atoms with Crippen molar-refractivity contribution in [2.24, 2.45) is 0 Å². The molecular formula is C24H24N2O5S. The zero-order chi connectivity index (χ0) is 22.4. The summed E-state index contributed by atoms with van der Waals surface area (Å²) < 4.78 is 38.9. The fraction of sp³-hybridized carbons (Fsp3) is 0.208. The Hall–Kier alpha value is -3.20. The second kappa shape index (κ2) is 9.95. The Bertz CT molecular complexity index is 1160. The molecule has 0 saturated carbocycles. The Morgan fingerprint density at radius 2 is 1.69 bits per heavy atom. The summed E-state index contributed by atoms with van der Waals surface area (Å²) in [7, 11) is -3.67. The molecule has 1 aliphatic rings. The van der Waals surface area contributed by atoms with Crippen LogP contribution in [0, 0.1) is 0 Å². The van der Waals surface area contributed by atoms with Gasteiger partial charge in [-0.25, -0.2) is 13.1 Å². The Labute approximate surface area is 187 Å². The van der Waals surface area contributed by atoms with Gasteiger partial charge in [0, 0.05) is 18.7 Å². The first kappa shape index (κ1) is 22.0. The van der Waals surface area contributed by atoms with Crippen molar-refractivity contribution in [3.05, 3.63) is 84.4 Å². The molecule has 3 aromatic carbocycles. The van der Waals surface area contributed by atoms with Crippen molar-refractivity contribution >= 4 is 21.6 Å². The van der Waals surface area contributed by atoms with E-state index in [1.54, 1.807) is 18.2 Å². The van der Waals surface area contributed by atoms with E-state index in [-0.39, 0.29) is 23.5 Å². The summed E-state index contributed by atoms with van der Waals surface area (Å²) in [4.78, 5) is 12.8. The molecule has 0 spiro atoms. The molecule has 1 heterocycles. The van der Waals surface area contributed by atoms with E-state index in [0.717, 1.165) is 12.8 Å². The number of rotatable bonds is 8. The van der Waals surface area contributed by atoms with Gasteiger partial charge in [-0.05, 0) is 61.4 Å². The Balaban J connectivity index is 1.42. The van der Waals surface area contributed by atoms with Crippen LogP contribution in [0.4, 0.5) is 5.69 Å². The second-order valence-electron chi connectivity index (χ2n) is 7.38. The normalized spacial score (nSPS) is 15.9. The summed E-state index contributed by atoms with van der Waals surface area (Å²) in [5.41, 5.74) is 0.842. The number of ether oxygens (including phenoxy) is 2. The van der Waals surface area contributed by atoms with Crippen LogP contribution in [0.25, 0.3) is 0 Å². The van der Waals surface area contributed by atoms with Gasteiger partial charge in [-0.15, -0.1) is 0 Å². The minimum atomic E-state index is -3.67. The molecule has 1 aliphatic heterocycles. The molecule has 1 atom stereocenters. The topological polar surface area (TPSA) is 93.7 Å². The van der Waals surface area contributed by atoms with E-state index in [9.17, 15) is 13.2 Å². The van der Waals surface area contributed by atoms with Crippen molar-refractivity contribution in [2.45, 2.75) is 23.8 Å². The highest BCUT2D eigenvalue weighted by atomic mass is 32.2. The van der Waals surface area contributed by atoms with Crippen LogP contribution in [-0.2, 0) is 14.8 Å². The molecule has 166 valence electrons. The highest BCUT2D eigenvalue weighted by molar-refractivity contribution is 7.89. The van der Waals surface area contributed by atoms with Gasteiger partial charge >= 0.3 is 0 Å². The Morgan fingerprint density at radius 1 is 0.969 bits per heavy atom. The van der Waals surface area contributed by atoms with Gasteiger partial charge in [0.05, 0.1) is 16.7 Å². The van der Waals surface area contributed by atoms with Gasteiger partial charge in [0.25, 0.3) is 5.91 Å². The molecule has 1 saturated heterocycles. The van der Waals surface area contributed by atoms with Crippen molar-refractivity contribution in [3.63, 3.8) is 0 Å². The van der Waals surface area contributed by atoms with E-state index in [2.05, 4.69) is 10.0 Å². The zero-order valence-corrected chi connectivity index (χ0v) is 18.2. The summed E-state index contributed by atoms with van der Waals surface area (Å²) in [5.74, 6) is 0.786. The molecular weight excluding hydrogens is 428 g/mol. The quantitative estimate of drug-likeness (QED) is 0.535. The third-order valence-electron chi connectivity index (χ3n) is 5.06. The lowest BCUT2D eigenvalue weighted by Crippen LogP contribution is -2.31. The molecule has 0 bridgehead atoms.